The second kappa shape index (κ2) is 4.89. The van der Waals surface area contributed by atoms with E-state index in [4.69, 9.17) is 0 Å². The van der Waals surface area contributed by atoms with Crippen molar-refractivity contribution in [3.05, 3.63) is 21.9 Å². The lowest BCUT2D eigenvalue weighted by molar-refractivity contribution is 0.604. The van der Waals surface area contributed by atoms with Gasteiger partial charge in [-0.15, -0.1) is 11.3 Å². The molecule has 0 amide bonds. The molecule has 90 valence electrons. The van der Waals surface area contributed by atoms with E-state index in [0.717, 1.165) is 12.5 Å². The van der Waals surface area contributed by atoms with E-state index in [9.17, 15) is 0 Å². The molecule has 1 aromatic rings. The zero-order valence-electron chi connectivity index (χ0n) is 10.7. The molecular formula is C14H23NS. The molecular weight excluding hydrogens is 214 g/mol. The monoisotopic (exact) mass is 237 g/mol. The molecule has 1 saturated carbocycles. The molecule has 2 rings (SSSR count). The molecule has 0 spiro atoms. The van der Waals surface area contributed by atoms with Crippen LogP contribution < -0.4 is 5.32 Å². The molecule has 0 aliphatic heterocycles. The Balaban J connectivity index is 1.73. The molecule has 1 nitrogen and oxygen atoms in total. The number of hydrogen-bond donors (Lipinski definition) is 1. The second-order valence-electron chi connectivity index (χ2n) is 5.92. The summed E-state index contributed by atoms with van der Waals surface area (Å²) in [5, 5.41) is 3.55. The highest BCUT2D eigenvalue weighted by Crippen LogP contribution is 2.32. The van der Waals surface area contributed by atoms with Gasteiger partial charge in [0.1, 0.15) is 0 Å². The molecule has 0 unspecified atom stereocenters. The van der Waals surface area contributed by atoms with E-state index < -0.39 is 0 Å². The first-order valence-electron chi connectivity index (χ1n) is 6.35. The first-order chi connectivity index (χ1) is 7.55. The molecule has 1 aliphatic rings. The van der Waals surface area contributed by atoms with Gasteiger partial charge in [0.25, 0.3) is 0 Å². The van der Waals surface area contributed by atoms with Gasteiger partial charge >= 0.3 is 0 Å². The van der Waals surface area contributed by atoms with E-state index in [0.29, 0.717) is 5.41 Å². The van der Waals surface area contributed by atoms with Gasteiger partial charge in [0, 0.05) is 16.3 Å². The predicted molar refractivity (Wildman–Crippen MR) is 72.1 cm³/mol. The van der Waals surface area contributed by atoms with Crippen molar-refractivity contribution in [1.82, 2.24) is 5.32 Å². The molecule has 1 aliphatic carbocycles. The lowest BCUT2D eigenvalue weighted by Crippen LogP contribution is -2.14. The summed E-state index contributed by atoms with van der Waals surface area (Å²) < 4.78 is 0. The fourth-order valence-electron chi connectivity index (χ4n) is 1.80. The van der Waals surface area contributed by atoms with E-state index >= 15 is 0 Å². The van der Waals surface area contributed by atoms with Gasteiger partial charge in [0.15, 0.2) is 0 Å². The van der Waals surface area contributed by atoms with Crippen molar-refractivity contribution in [2.75, 3.05) is 6.54 Å². The average molecular weight is 237 g/mol. The molecule has 0 saturated heterocycles. The van der Waals surface area contributed by atoms with E-state index in [1.54, 1.807) is 0 Å². The van der Waals surface area contributed by atoms with Crippen molar-refractivity contribution in [3.8, 4) is 0 Å². The topological polar surface area (TPSA) is 12.0 Å². The molecule has 1 N–H and O–H groups in total. The van der Waals surface area contributed by atoms with Crippen LogP contribution in [-0.2, 0) is 12.0 Å². The minimum absolute atomic E-state index is 0.303. The fraction of sp³-hybridized carbons (Fsp3) is 0.714. The fourth-order valence-corrected chi connectivity index (χ4v) is 2.84. The summed E-state index contributed by atoms with van der Waals surface area (Å²) in [5.74, 6) is 1.04. The summed E-state index contributed by atoms with van der Waals surface area (Å²) in [6.45, 7) is 9.08. The molecule has 0 atom stereocenters. The quantitative estimate of drug-likeness (QED) is 0.765. The summed E-state index contributed by atoms with van der Waals surface area (Å²) >= 11 is 1.95. The van der Waals surface area contributed by atoms with Gasteiger partial charge < -0.3 is 5.32 Å². The predicted octanol–water partition coefficient (Wildman–Crippen LogP) is 3.94. The molecule has 2 heteroatoms. The second-order valence-corrected chi connectivity index (χ2v) is 7.09. The Bertz CT molecular complexity index is 331. The molecule has 1 heterocycles. The SMILES string of the molecule is CC(C)(C)c1ccc(CNCCC2CC2)s1. The molecule has 1 aromatic heterocycles. The van der Waals surface area contributed by atoms with Crippen LogP contribution in [0.2, 0.25) is 0 Å². The maximum absolute atomic E-state index is 3.55. The Hall–Kier alpha value is -0.340. The van der Waals surface area contributed by atoms with Crippen molar-refractivity contribution in [3.63, 3.8) is 0 Å². The first kappa shape index (κ1) is 12.1. The van der Waals surface area contributed by atoms with Crippen molar-refractivity contribution in [1.29, 1.82) is 0 Å². The normalized spacial score (nSPS) is 16.7. The Morgan fingerprint density at radius 1 is 1.31 bits per heavy atom. The van der Waals surface area contributed by atoms with Gasteiger partial charge in [-0.1, -0.05) is 33.6 Å². The van der Waals surface area contributed by atoms with Crippen LogP contribution in [0.25, 0.3) is 0 Å². The van der Waals surface area contributed by atoms with Crippen LogP contribution in [0, 0.1) is 5.92 Å². The molecule has 0 radical (unpaired) electrons. The summed E-state index contributed by atoms with van der Waals surface area (Å²) in [4.78, 5) is 2.97. The number of nitrogens with one attached hydrogen (secondary N) is 1. The smallest absolute Gasteiger partial charge is 0.0299 e. The van der Waals surface area contributed by atoms with Crippen LogP contribution >= 0.6 is 11.3 Å². The van der Waals surface area contributed by atoms with Crippen LogP contribution in [0.15, 0.2) is 12.1 Å². The summed E-state index contributed by atoms with van der Waals surface area (Å²) in [6, 6.07) is 4.55. The summed E-state index contributed by atoms with van der Waals surface area (Å²) in [6.07, 6.45) is 4.31. The van der Waals surface area contributed by atoms with Crippen molar-refractivity contribution in [2.45, 2.75) is 52.0 Å². The molecule has 0 bridgehead atoms. The van der Waals surface area contributed by atoms with E-state index in [2.05, 4.69) is 38.2 Å². The Morgan fingerprint density at radius 2 is 2.06 bits per heavy atom. The highest BCUT2D eigenvalue weighted by Gasteiger charge is 2.20. The van der Waals surface area contributed by atoms with Gasteiger partial charge in [-0.3, -0.25) is 0 Å². The van der Waals surface area contributed by atoms with Crippen LogP contribution in [0.4, 0.5) is 0 Å². The Morgan fingerprint density at radius 3 is 2.62 bits per heavy atom. The third-order valence-electron chi connectivity index (χ3n) is 3.13. The lowest BCUT2D eigenvalue weighted by atomic mass is 9.95. The minimum Gasteiger partial charge on any atom is -0.312 e. The average Bonchev–Trinajstić information content (AvgIpc) is 2.88. The maximum Gasteiger partial charge on any atom is 0.0299 e. The third kappa shape index (κ3) is 3.60. The van der Waals surface area contributed by atoms with Crippen LogP contribution in [0.5, 0.6) is 0 Å². The molecule has 16 heavy (non-hydrogen) atoms. The maximum atomic E-state index is 3.55. The van der Waals surface area contributed by atoms with Crippen molar-refractivity contribution < 1.29 is 0 Å². The van der Waals surface area contributed by atoms with Gasteiger partial charge in [-0.05, 0) is 36.4 Å². The largest absolute Gasteiger partial charge is 0.312 e. The third-order valence-corrected chi connectivity index (χ3v) is 4.64. The van der Waals surface area contributed by atoms with Crippen molar-refractivity contribution >= 4 is 11.3 Å². The van der Waals surface area contributed by atoms with Gasteiger partial charge in [0.2, 0.25) is 0 Å². The summed E-state index contributed by atoms with van der Waals surface area (Å²) in [5.41, 5.74) is 0.303. The molecule has 0 aromatic carbocycles. The van der Waals surface area contributed by atoms with Gasteiger partial charge in [0.05, 0.1) is 0 Å². The van der Waals surface area contributed by atoms with Crippen LogP contribution in [0.1, 0.15) is 49.8 Å². The van der Waals surface area contributed by atoms with Gasteiger partial charge in [-0.25, -0.2) is 0 Å². The highest BCUT2D eigenvalue weighted by atomic mass is 32.1. The van der Waals surface area contributed by atoms with E-state index in [-0.39, 0.29) is 0 Å². The van der Waals surface area contributed by atoms with Crippen LogP contribution in [0.3, 0.4) is 0 Å². The lowest BCUT2D eigenvalue weighted by Gasteiger charge is -2.15. The highest BCUT2D eigenvalue weighted by molar-refractivity contribution is 7.12. The number of rotatable bonds is 5. The van der Waals surface area contributed by atoms with Crippen molar-refractivity contribution in [2.24, 2.45) is 5.92 Å². The number of thiophene rings is 1. The first-order valence-corrected chi connectivity index (χ1v) is 7.17. The Labute approximate surface area is 103 Å². The standard InChI is InChI=1S/C14H23NS/c1-14(2,3)13-7-6-12(16-13)10-15-9-8-11-4-5-11/h6-7,11,15H,4-5,8-10H2,1-3H3. The van der Waals surface area contributed by atoms with E-state index in [1.165, 1.54) is 35.6 Å². The minimum atomic E-state index is 0.303. The zero-order valence-corrected chi connectivity index (χ0v) is 11.5. The van der Waals surface area contributed by atoms with E-state index in [1.807, 2.05) is 11.3 Å². The van der Waals surface area contributed by atoms with Gasteiger partial charge in [-0.2, -0.15) is 0 Å². The summed E-state index contributed by atoms with van der Waals surface area (Å²) in [7, 11) is 0. The number of hydrogen-bond acceptors (Lipinski definition) is 2. The van der Waals surface area contributed by atoms with Crippen LogP contribution in [-0.4, -0.2) is 6.54 Å². The zero-order chi connectivity index (χ0) is 11.6. The molecule has 1 fully saturated rings. The Kier molecular flexibility index (Phi) is 3.70.